The van der Waals surface area contributed by atoms with Gasteiger partial charge in [-0.1, -0.05) is 0 Å². The summed E-state index contributed by atoms with van der Waals surface area (Å²) < 4.78 is 55.0. The summed E-state index contributed by atoms with van der Waals surface area (Å²) in [5.41, 5.74) is 1.29. The Balaban J connectivity index is 2.77. The molecule has 0 spiro atoms. The Morgan fingerprint density at radius 2 is 1.78 bits per heavy atom. The number of benzene rings is 1. The van der Waals surface area contributed by atoms with Crippen molar-refractivity contribution in [3.8, 4) is 5.75 Å². The zero-order chi connectivity index (χ0) is 20.6. The molecule has 1 heterocycles. The lowest BCUT2D eigenvalue weighted by atomic mass is 10.2. The van der Waals surface area contributed by atoms with E-state index in [1.165, 1.54) is 36.9 Å². The van der Waals surface area contributed by atoms with Crippen molar-refractivity contribution in [1.29, 1.82) is 0 Å². The summed E-state index contributed by atoms with van der Waals surface area (Å²) in [5.74, 6) is -1.74. The quantitative estimate of drug-likeness (QED) is 0.352. The number of carbonyl (C=O) groups is 1. The molecule has 0 saturated carbocycles. The molecule has 1 aliphatic heterocycles. The van der Waals surface area contributed by atoms with Gasteiger partial charge < -0.3 is 9.84 Å². The minimum atomic E-state index is -4.42. The van der Waals surface area contributed by atoms with Crippen LogP contribution in [0.3, 0.4) is 0 Å². The first-order chi connectivity index (χ1) is 12.4. The smallest absolute Gasteiger partial charge is 0.324 e. The number of aliphatic hydroxyl groups is 1. The number of sulfonamides is 1. The summed E-state index contributed by atoms with van der Waals surface area (Å²) in [6.45, 7) is 0. The van der Waals surface area contributed by atoms with Crippen LogP contribution in [-0.2, 0) is 24.7 Å². The third kappa shape index (κ3) is 3.56. The summed E-state index contributed by atoms with van der Waals surface area (Å²) in [5, 5.41) is 19.4. The van der Waals surface area contributed by atoms with Crippen LogP contribution in [0.15, 0.2) is 51.3 Å². The van der Waals surface area contributed by atoms with Crippen LogP contribution in [-0.4, -0.2) is 64.2 Å². The number of allylic oxidation sites excluding steroid dienone is 1. The number of sulfone groups is 1. The number of rotatable bonds is 4. The van der Waals surface area contributed by atoms with Crippen molar-refractivity contribution in [2.75, 3.05) is 21.2 Å². The fourth-order valence-corrected chi connectivity index (χ4v) is 5.51. The van der Waals surface area contributed by atoms with E-state index in [0.29, 0.717) is 17.2 Å². The molecule has 0 fully saturated rings. The number of nitrogens with zero attached hydrogens (tertiary/aromatic N) is 1. The Morgan fingerprint density at radius 3 is 2.26 bits per heavy atom. The second-order valence-corrected chi connectivity index (χ2v) is 10.3. The average Bonchev–Trinajstić information content (AvgIpc) is 2.66. The number of carbonyl (C=O) groups excluding carboxylic acids is 1. The number of likely N-dealkylation sites (N-methyl/N-ethyl adjacent to an activating group) is 1. The molecule has 12 heteroatoms. The van der Waals surface area contributed by atoms with E-state index in [1.54, 1.807) is 0 Å². The summed E-state index contributed by atoms with van der Waals surface area (Å²) in [4.78, 5) is 11.3. The van der Waals surface area contributed by atoms with Gasteiger partial charge in [-0.15, -0.1) is 0 Å². The first-order valence-electron chi connectivity index (χ1n) is 7.42. The predicted molar refractivity (Wildman–Crippen MR) is 93.7 cm³/mol. The highest BCUT2D eigenvalue weighted by molar-refractivity contribution is 7.95. The van der Waals surface area contributed by atoms with Crippen molar-refractivity contribution in [1.82, 2.24) is 5.48 Å². The van der Waals surface area contributed by atoms with E-state index in [0.717, 1.165) is 14.1 Å². The fraction of sp³-hybridized carbons (Fsp3) is 0.267. The van der Waals surface area contributed by atoms with Gasteiger partial charge in [0.1, 0.15) is 21.8 Å². The maximum absolute atomic E-state index is 13.1. The molecular weight excluding hydrogens is 400 g/mol. The molecule has 1 amide bonds. The van der Waals surface area contributed by atoms with Crippen molar-refractivity contribution >= 4 is 25.8 Å². The normalized spacial score (nSPS) is 21.4. The van der Waals surface area contributed by atoms with E-state index >= 15 is 0 Å². The van der Waals surface area contributed by atoms with Gasteiger partial charge in [-0.05, 0) is 24.3 Å². The van der Waals surface area contributed by atoms with E-state index in [1.807, 2.05) is 0 Å². The van der Waals surface area contributed by atoms with Gasteiger partial charge in [0.2, 0.25) is 15.9 Å². The number of amides is 1. The van der Waals surface area contributed by atoms with E-state index in [2.05, 4.69) is 0 Å². The predicted octanol–water partition coefficient (Wildman–Crippen LogP) is 0.0460. The molecule has 2 rings (SSSR count). The number of hydrogen-bond acceptors (Lipinski definition) is 8. The Bertz CT molecular complexity index is 1020. The second-order valence-electron chi connectivity index (χ2n) is 6.10. The van der Waals surface area contributed by atoms with Crippen LogP contribution in [0, 0.1) is 0 Å². The molecule has 3 N–H and O–H groups in total. The van der Waals surface area contributed by atoms with Crippen LogP contribution in [0.4, 0.5) is 0 Å². The molecule has 27 heavy (non-hydrogen) atoms. The number of nitrogens with one attached hydrogen (secondary N) is 1. The Hall–Kier alpha value is -2.41. The third-order valence-electron chi connectivity index (χ3n) is 4.15. The number of quaternary nitrogens is 1. The van der Waals surface area contributed by atoms with E-state index in [4.69, 9.17) is 9.94 Å². The zero-order valence-corrected chi connectivity index (χ0v) is 16.3. The lowest BCUT2D eigenvalue weighted by Gasteiger charge is -2.33. The minimum Gasteiger partial charge on any atom is -0.507 e. The van der Waals surface area contributed by atoms with E-state index < -0.39 is 46.4 Å². The number of hydroxylamine groups is 1. The number of aliphatic hydroxyl groups excluding tert-OH is 1. The number of methoxy groups -OCH3 is 1. The van der Waals surface area contributed by atoms with Gasteiger partial charge in [0.05, 0.1) is 26.1 Å². The molecule has 0 radical (unpaired) electrons. The highest BCUT2D eigenvalue weighted by atomic mass is 32.2. The molecule has 0 aliphatic carbocycles. The Kier molecular flexibility index (Phi) is 5.39. The zero-order valence-electron chi connectivity index (χ0n) is 14.6. The van der Waals surface area contributed by atoms with Gasteiger partial charge in [-0.3, -0.25) is 10.0 Å². The van der Waals surface area contributed by atoms with Crippen LogP contribution < -0.4 is 10.2 Å². The monoisotopic (exact) mass is 419 g/mol. The van der Waals surface area contributed by atoms with Gasteiger partial charge in [-0.2, -0.15) is 8.42 Å². The topological polar surface area (TPSA) is 147 Å². The van der Waals surface area contributed by atoms with Gasteiger partial charge >= 0.3 is 15.9 Å². The largest absolute Gasteiger partial charge is 0.507 e. The highest BCUT2D eigenvalue weighted by Crippen LogP contribution is 2.34. The lowest BCUT2D eigenvalue weighted by molar-refractivity contribution is -0.772. The molecule has 1 aliphatic rings. The van der Waals surface area contributed by atoms with Crippen LogP contribution in [0.25, 0.3) is 0 Å². The molecule has 1 unspecified atom stereocenters. The second kappa shape index (κ2) is 6.96. The lowest BCUT2D eigenvalue weighted by Crippen LogP contribution is -2.59. The summed E-state index contributed by atoms with van der Waals surface area (Å²) in [6, 6.07) is 3.29. The third-order valence-corrected chi connectivity index (χ3v) is 8.06. The van der Waals surface area contributed by atoms with Crippen molar-refractivity contribution in [2.45, 2.75) is 10.9 Å². The van der Waals surface area contributed by atoms with Gasteiger partial charge in [-0.25, -0.2) is 17.8 Å². The van der Waals surface area contributed by atoms with Crippen molar-refractivity contribution < 1.29 is 40.6 Å². The molecular formula is C15H19N2O8S2+. The standard InChI is InChI=1S/C15H18N2O8S2/c1-17(2)14(15(19)16-20)13(8-10(18)9-26(17,21)22)27(23,24)12-6-4-11(25-3)5-7-12/h4-9,14H,1-3H3,(H2-,16,18,19,20)/p+1. The minimum absolute atomic E-state index is 0.252. The number of hydrogen-bond donors (Lipinski definition) is 3. The maximum atomic E-state index is 13.1. The van der Waals surface area contributed by atoms with E-state index in [9.17, 15) is 26.7 Å². The Morgan fingerprint density at radius 1 is 1.22 bits per heavy atom. The molecule has 0 aromatic heterocycles. The van der Waals surface area contributed by atoms with Crippen molar-refractivity contribution in [2.24, 2.45) is 0 Å². The summed E-state index contributed by atoms with van der Waals surface area (Å²) in [6.07, 6.45) is 0.685. The van der Waals surface area contributed by atoms with Crippen LogP contribution >= 0.6 is 0 Å². The van der Waals surface area contributed by atoms with Crippen molar-refractivity contribution in [3.63, 3.8) is 0 Å². The van der Waals surface area contributed by atoms with Gasteiger partial charge in [0.15, 0.2) is 0 Å². The molecule has 0 saturated heterocycles. The average molecular weight is 419 g/mol. The summed E-state index contributed by atoms with van der Waals surface area (Å²) in [7, 11) is -5.20. The van der Waals surface area contributed by atoms with Gasteiger partial charge in [0.25, 0.3) is 0 Å². The maximum Gasteiger partial charge on any atom is 0.324 e. The molecule has 0 bridgehead atoms. The molecule has 1 atom stereocenters. The molecule has 1 aromatic carbocycles. The first kappa shape index (κ1) is 20.9. The van der Waals surface area contributed by atoms with E-state index in [-0.39, 0.29) is 4.90 Å². The van der Waals surface area contributed by atoms with Crippen molar-refractivity contribution in [3.05, 3.63) is 46.4 Å². The summed E-state index contributed by atoms with van der Waals surface area (Å²) >= 11 is 0. The molecule has 10 nitrogen and oxygen atoms in total. The first-order valence-corrected chi connectivity index (χ1v) is 10.4. The van der Waals surface area contributed by atoms with Crippen LogP contribution in [0.5, 0.6) is 5.75 Å². The fourth-order valence-electron chi connectivity index (χ4n) is 2.59. The molecule has 1 aromatic rings. The van der Waals surface area contributed by atoms with Crippen LogP contribution in [0.1, 0.15) is 0 Å². The van der Waals surface area contributed by atoms with Gasteiger partial charge in [0, 0.05) is 6.08 Å². The Labute approximate surface area is 156 Å². The number of ether oxygens (including phenoxy) is 1. The SMILES string of the molecule is COc1ccc(S(=O)(=O)C2=CC(O)=CS(=O)(=O)[N+](C)(C)C2C(=O)NO)cc1. The highest BCUT2D eigenvalue weighted by Gasteiger charge is 2.52. The van der Waals surface area contributed by atoms with Crippen LogP contribution in [0.2, 0.25) is 0 Å². The molecule has 148 valence electrons.